The molecule has 13 heavy (non-hydrogen) atoms. The molecular weight excluding hydrogens is 164 g/mol. The van der Waals surface area contributed by atoms with E-state index in [1.54, 1.807) is 7.11 Å². The third-order valence-corrected chi connectivity index (χ3v) is 2.84. The van der Waals surface area contributed by atoms with Crippen LogP contribution in [0.1, 0.15) is 13.8 Å². The smallest absolute Gasteiger partial charge is 0.0589 e. The molecule has 0 radical (unpaired) electrons. The van der Waals surface area contributed by atoms with Crippen LogP contribution in [0.5, 0.6) is 0 Å². The van der Waals surface area contributed by atoms with Crippen molar-refractivity contribution in [2.24, 2.45) is 0 Å². The molecule has 1 aliphatic heterocycles. The first-order valence-electron chi connectivity index (χ1n) is 5.08. The number of piperazine rings is 1. The molecule has 1 unspecified atom stereocenters. The van der Waals surface area contributed by atoms with E-state index in [4.69, 9.17) is 4.74 Å². The van der Waals surface area contributed by atoms with Gasteiger partial charge in [0.15, 0.2) is 0 Å². The van der Waals surface area contributed by atoms with Crippen LogP contribution < -0.4 is 0 Å². The molecule has 3 nitrogen and oxygen atoms in total. The average molecular weight is 186 g/mol. The summed E-state index contributed by atoms with van der Waals surface area (Å²) in [7, 11) is 3.96. The highest BCUT2D eigenvalue weighted by molar-refractivity contribution is 4.83. The minimum absolute atomic E-state index is 0.656. The maximum absolute atomic E-state index is 5.11. The predicted octanol–water partition coefficient (Wildman–Crippen LogP) is 0.657. The van der Waals surface area contributed by atoms with Crippen molar-refractivity contribution in [1.29, 1.82) is 0 Å². The van der Waals surface area contributed by atoms with Crippen molar-refractivity contribution in [3.05, 3.63) is 0 Å². The molecule has 0 aliphatic carbocycles. The minimum atomic E-state index is 0.656. The highest BCUT2D eigenvalue weighted by Gasteiger charge is 2.26. The van der Waals surface area contributed by atoms with E-state index in [2.05, 4.69) is 30.7 Å². The van der Waals surface area contributed by atoms with Crippen LogP contribution in [0.2, 0.25) is 0 Å². The standard InChI is InChI=1S/C10H22N2O/c1-9-7-11(3)8-10(2)12(9)5-6-13-4/h9-10H,5-8H2,1-4H3/t9-,10?/m0/s1. The molecule has 1 heterocycles. The molecule has 0 spiro atoms. The Labute approximate surface area is 81.7 Å². The Bertz CT molecular complexity index is 140. The Morgan fingerprint density at radius 3 is 2.23 bits per heavy atom. The second-order valence-corrected chi connectivity index (χ2v) is 4.15. The molecule has 1 saturated heterocycles. The fourth-order valence-electron chi connectivity index (χ4n) is 2.26. The average Bonchev–Trinajstić information content (AvgIpc) is 2.02. The Morgan fingerprint density at radius 2 is 1.77 bits per heavy atom. The van der Waals surface area contributed by atoms with Crippen molar-refractivity contribution < 1.29 is 4.74 Å². The van der Waals surface area contributed by atoms with Gasteiger partial charge in [-0.2, -0.15) is 0 Å². The van der Waals surface area contributed by atoms with Crippen molar-refractivity contribution in [1.82, 2.24) is 9.80 Å². The fourth-order valence-corrected chi connectivity index (χ4v) is 2.26. The lowest BCUT2D eigenvalue weighted by Gasteiger charge is -2.43. The van der Waals surface area contributed by atoms with Crippen LogP contribution in [0.4, 0.5) is 0 Å². The SMILES string of the molecule is COCCN1C(C)CN(C)C[C@@H]1C. The van der Waals surface area contributed by atoms with E-state index < -0.39 is 0 Å². The Kier molecular flexibility index (Phi) is 4.16. The van der Waals surface area contributed by atoms with Gasteiger partial charge in [0.1, 0.15) is 0 Å². The Hall–Kier alpha value is -0.120. The van der Waals surface area contributed by atoms with Crippen LogP contribution in [0, 0.1) is 0 Å². The van der Waals surface area contributed by atoms with Crippen LogP contribution in [0.15, 0.2) is 0 Å². The number of hydrogen-bond donors (Lipinski definition) is 0. The van der Waals surface area contributed by atoms with Crippen LogP contribution in [0.3, 0.4) is 0 Å². The molecule has 78 valence electrons. The summed E-state index contributed by atoms with van der Waals surface area (Å²) in [4.78, 5) is 4.93. The first kappa shape index (κ1) is 11.0. The van der Waals surface area contributed by atoms with Crippen LogP contribution in [0.25, 0.3) is 0 Å². The minimum Gasteiger partial charge on any atom is -0.383 e. The van der Waals surface area contributed by atoms with Crippen molar-refractivity contribution in [2.75, 3.05) is 40.4 Å². The molecule has 0 aromatic rings. The molecule has 0 aromatic heterocycles. The zero-order chi connectivity index (χ0) is 9.84. The number of methoxy groups -OCH3 is 1. The quantitative estimate of drug-likeness (QED) is 0.644. The monoisotopic (exact) mass is 186 g/mol. The van der Waals surface area contributed by atoms with Gasteiger partial charge in [-0.3, -0.25) is 4.90 Å². The van der Waals surface area contributed by atoms with Gasteiger partial charge in [-0.25, -0.2) is 0 Å². The molecule has 3 heteroatoms. The summed E-state index contributed by atoms with van der Waals surface area (Å²) in [6.07, 6.45) is 0. The lowest BCUT2D eigenvalue weighted by molar-refractivity contribution is 0.0313. The third-order valence-electron chi connectivity index (χ3n) is 2.84. The fraction of sp³-hybridized carbons (Fsp3) is 1.00. The lowest BCUT2D eigenvalue weighted by atomic mass is 10.1. The van der Waals surface area contributed by atoms with Gasteiger partial charge in [0.05, 0.1) is 6.61 Å². The molecule has 0 bridgehead atoms. The zero-order valence-electron chi connectivity index (χ0n) is 9.29. The van der Waals surface area contributed by atoms with E-state index in [0.717, 1.165) is 13.2 Å². The van der Waals surface area contributed by atoms with Gasteiger partial charge in [0.2, 0.25) is 0 Å². The van der Waals surface area contributed by atoms with Gasteiger partial charge in [0.25, 0.3) is 0 Å². The summed E-state index contributed by atoms with van der Waals surface area (Å²) < 4.78 is 5.11. The molecule has 0 amide bonds. The number of likely N-dealkylation sites (N-methyl/N-ethyl adjacent to an activating group) is 1. The predicted molar refractivity (Wildman–Crippen MR) is 55.0 cm³/mol. The third kappa shape index (κ3) is 2.93. The molecule has 0 aromatic carbocycles. The normalized spacial score (nSPS) is 32.3. The number of nitrogens with zero attached hydrogens (tertiary/aromatic N) is 2. The van der Waals surface area contributed by atoms with Crippen LogP contribution in [-0.2, 0) is 4.74 Å². The highest BCUT2D eigenvalue weighted by Crippen LogP contribution is 2.13. The summed E-state index contributed by atoms with van der Waals surface area (Å²) in [5.41, 5.74) is 0. The van der Waals surface area contributed by atoms with Crippen LogP contribution >= 0.6 is 0 Å². The van der Waals surface area contributed by atoms with Crippen molar-refractivity contribution in [3.8, 4) is 0 Å². The Balaban J connectivity index is 2.41. The topological polar surface area (TPSA) is 15.7 Å². The molecule has 0 saturated carbocycles. The molecule has 0 N–H and O–H groups in total. The highest BCUT2D eigenvalue weighted by atomic mass is 16.5. The number of hydrogen-bond acceptors (Lipinski definition) is 3. The molecular formula is C10H22N2O. The maximum Gasteiger partial charge on any atom is 0.0589 e. The van der Waals surface area contributed by atoms with E-state index in [9.17, 15) is 0 Å². The zero-order valence-corrected chi connectivity index (χ0v) is 9.29. The largest absolute Gasteiger partial charge is 0.383 e. The lowest BCUT2D eigenvalue weighted by Crippen LogP contribution is -2.56. The van der Waals surface area contributed by atoms with E-state index in [1.165, 1.54) is 13.1 Å². The second kappa shape index (κ2) is 4.94. The van der Waals surface area contributed by atoms with Crippen molar-refractivity contribution in [3.63, 3.8) is 0 Å². The van der Waals surface area contributed by atoms with E-state index in [0.29, 0.717) is 12.1 Å². The van der Waals surface area contributed by atoms with Gasteiger partial charge in [-0.1, -0.05) is 0 Å². The van der Waals surface area contributed by atoms with Crippen molar-refractivity contribution >= 4 is 0 Å². The molecule has 1 fully saturated rings. The Morgan fingerprint density at radius 1 is 1.23 bits per heavy atom. The summed E-state index contributed by atoms with van der Waals surface area (Å²) in [5, 5.41) is 0. The van der Waals surface area contributed by atoms with Gasteiger partial charge in [0, 0.05) is 38.8 Å². The van der Waals surface area contributed by atoms with Gasteiger partial charge < -0.3 is 9.64 Å². The summed E-state index contributed by atoms with van der Waals surface area (Å²) >= 11 is 0. The van der Waals surface area contributed by atoms with Gasteiger partial charge in [-0.15, -0.1) is 0 Å². The van der Waals surface area contributed by atoms with E-state index in [-0.39, 0.29) is 0 Å². The maximum atomic E-state index is 5.11. The first-order chi connectivity index (χ1) is 6.15. The number of rotatable bonds is 3. The second-order valence-electron chi connectivity index (χ2n) is 4.15. The van der Waals surface area contributed by atoms with Crippen molar-refractivity contribution in [2.45, 2.75) is 25.9 Å². The number of ether oxygens (including phenoxy) is 1. The summed E-state index contributed by atoms with van der Waals surface area (Å²) in [5.74, 6) is 0. The first-order valence-corrected chi connectivity index (χ1v) is 5.08. The van der Waals surface area contributed by atoms with E-state index in [1.807, 2.05) is 0 Å². The van der Waals surface area contributed by atoms with Gasteiger partial charge >= 0.3 is 0 Å². The summed E-state index contributed by atoms with van der Waals surface area (Å²) in [6.45, 7) is 8.84. The van der Waals surface area contributed by atoms with Crippen LogP contribution in [-0.4, -0.2) is 62.3 Å². The molecule has 2 atom stereocenters. The van der Waals surface area contributed by atoms with E-state index >= 15 is 0 Å². The molecule has 1 rings (SSSR count). The summed E-state index contributed by atoms with van der Waals surface area (Å²) in [6, 6.07) is 1.31. The van der Waals surface area contributed by atoms with Gasteiger partial charge in [-0.05, 0) is 20.9 Å². The molecule has 1 aliphatic rings.